The quantitative estimate of drug-likeness (QED) is 0.705. The third kappa shape index (κ3) is 4.54. The standard InChI is InChI=1S/C18H17N3O3S/c1-23-17-8-13(6-7-19-17)9-20-18(22)15-4-2-3-5-16(15)24-10-14-11-25-12-21-14/h2-8,11-12H,9-10H2,1H3,(H,20,22). The van der Waals surface area contributed by atoms with E-state index >= 15 is 0 Å². The van der Waals surface area contributed by atoms with Gasteiger partial charge in [-0.2, -0.15) is 0 Å². The van der Waals surface area contributed by atoms with E-state index < -0.39 is 0 Å². The van der Waals surface area contributed by atoms with Gasteiger partial charge in [0.15, 0.2) is 0 Å². The predicted molar refractivity (Wildman–Crippen MR) is 94.8 cm³/mol. The molecule has 25 heavy (non-hydrogen) atoms. The number of hydrogen-bond donors (Lipinski definition) is 1. The number of ether oxygens (including phenoxy) is 2. The molecule has 0 spiro atoms. The first-order valence-electron chi connectivity index (χ1n) is 7.62. The van der Waals surface area contributed by atoms with Gasteiger partial charge in [-0.3, -0.25) is 4.79 Å². The van der Waals surface area contributed by atoms with Gasteiger partial charge in [-0.15, -0.1) is 11.3 Å². The Bertz CT molecular complexity index is 837. The van der Waals surface area contributed by atoms with E-state index in [1.807, 2.05) is 17.5 Å². The van der Waals surface area contributed by atoms with Gasteiger partial charge in [0.05, 0.1) is 23.9 Å². The summed E-state index contributed by atoms with van der Waals surface area (Å²) in [5, 5.41) is 4.80. The molecule has 1 amide bonds. The Kier molecular flexibility index (Phi) is 5.58. The minimum Gasteiger partial charge on any atom is -0.486 e. The van der Waals surface area contributed by atoms with Crippen molar-refractivity contribution < 1.29 is 14.3 Å². The Morgan fingerprint density at radius 2 is 2.12 bits per heavy atom. The van der Waals surface area contributed by atoms with Crippen LogP contribution in [0.1, 0.15) is 21.6 Å². The molecule has 0 radical (unpaired) electrons. The molecule has 0 atom stereocenters. The molecule has 1 aromatic carbocycles. The molecule has 0 saturated heterocycles. The Hall–Kier alpha value is -2.93. The van der Waals surface area contributed by atoms with E-state index in [9.17, 15) is 4.79 Å². The summed E-state index contributed by atoms with van der Waals surface area (Å²) < 4.78 is 10.8. The van der Waals surface area contributed by atoms with Crippen LogP contribution in [0.2, 0.25) is 0 Å². The number of methoxy groups -OCH3 is 1. The number of benzene rings is 1. The van der Waals surface area contributed by atoms with E-state index in [4.69, 9.17) is 9.47 Å². The second-order valence-electron chi connectivity index (χ2n) is 5.15. The van der Waals surface area contributed by atoms with Crippen molar-refractivity contribution in [1.29, 1.82) is 0 Å². The number of hydrogen-bond acceptors (Lipinski definition) is 6. The maximum atomic E-state index is 12.5. The average molecular weight is 355 g/mol. The zero-order valence-corrected chi connectivity index (χ0v) is 14.5. The molecule has 3 rings (SSSR count). The second kappa shape index (κ2) is 8.25. The summed E-state index contributed by atoms with van der Waals surface area (Å²) in [5.74, 6) is 0.837. The number of nitrogens with zero attached hydrogens (tertiary/aromatic N) is 2. The number of carbonyl (C=O) groups excluding carboxylic acids is 1. The zero-order valence-electron chi connectivity index (χ0n) is 13.6. The Labute approximate surface area is 149 Å². The van der Waals surface area contributed by atoms with Crippen LogP contribution in [0.15, 0.2) is 53.5 Å². The maximum Gasteiger partial charge on any atom is 0.255 e. The highest BCUT2D eigenvalue weighted by atomic mass is 32.1. The summed E-state index contributed by atoms with van der Waals surface area (Å²) in [6.45, 7) is 0.702. The Morgan fingerprint density at radius 1 is 1.24 bits per heavy atom. The van der Waals surface area contributed by atoms with Crippen molar-refractivity contribution in [2.75, 3.05) is 7.11 Å². The van der Waals surface area contributed by atoms with Crippen LogP contribution < -0.4 is 14.8 Å². The smallest absolute Gasteiger partial charge is 0.255 e. The van der Waals surface area contributed by atoms with Gasteiger partial charge in [-0.05, 0) is 23.8 Å². The van der Waals surface area contributed by atoms with E-state index in [1.54, 1.807) is 43.1 Å². The number of aromatic nitrogens is 2. The van der Waals surface area contributed by atoms with E-state index in [0.29, 0.717) is 30.3 Å². The topological polar surface area (TPSA) is 73.3 Å². The largest absolute Gasteiger partial charge is 0.486 e. The van der Waals surface area contributed by atoms with Crippen LogP contribution >= 0.6 is 11.3 Å². The second-order valence-corrected chi connectivity index (χ2v) is 5.87. The van der Waals surface area contributed by atoms with E-state index in [1.165, 1.54) is 11.3 Å². The van der Waals surface area contributed by atoms with Gasteiger partial charge in [-0.25, -0.2) is 9.97 Å². The maximum absolute atomic E-state index is 12.5. The van der Waals surface area contributed by atoms with Crippen LogP contribution in [0.3, 0.4) is 0 Å². The fourth-order valence-electron chi connectivity index (χ4n) is 2.19. The fourth-order valence-corrected chi connectivity index (χ4v) is 2.73. The van der Waals surface area contributed by atoms with Gasteiger partial charge in [0.2, 0.25) is 5.88 Å². The molecule has 0 aliphatic heterocycles. The molecule has 128 valence electrons. The van der Waals surface area contributed by atoms with Crippen LogP contribution in [-0.4, -0.2) is 23.0 Å². The van der Waals surface area contributed by atoms with Crippen LogP contribution in [0.4, 0.5) is 0 Å². The summed E-state index contributed by atoms with van der Waals surface area (Å²) >= 11 is 1.51. The predicted octanol–water partition coefficient (Wildman–Crippen LogP) is 3.06. The van der Waals surface area contributed by atoms with Crippen molar-refractivity contribution in [2.24, 2.45) is 0 Å². The van der Waals surface area contributed by atoms with Gasteiger partial charge < -0.3 is 14.8 Å². The van der Waals surface area contributed by atoms with Gasteiger partial charge in [-0.1, -0.05) is 12.1 Å². The summed E-state index contributed by atoms with van der Waals surface area (Å²) in [6, 6.07) is 10.8. The van der Waals surface area contributed by atoms with E-state index in [-0.39, 0.29) is 5.91 Å². The third-order valence-corrected chi connectivity index (χ3v) is 4.09. The number of carbonyl (C=O) groups is 1. The van der Waals surface area contributed by atoms with E-state index in [2.05, 4.69) is 15.3 Å². The number of para-hydroxylation sites is 1. The zero-order chi connectivity index (χ0) is 17.5. The number of amides is 1. The average Bonchev–Trinajstić information content (AvgIpc) is 3.18. The minimum absolute atomic E-state index is 0.204. The van der Waals surface area contributed by atoms with Crippen LogP contribution in [-0.2, 0) is 13.2 Å². The molecule has 2 heterocycles. The molecular weight excluding hydrogens is 338 g/mol. The third-order valence-electron chi connectivity index (χ3n) is 3.45. The molecule has 0 unspecified atom stereocenters. The van der Waals surface area contributed by atoms with Gasteiger partial charge in [0.25, 0.3) is 5.91 Å². The van der Waals surface area contributed by atoms with Crippen molar-refractivity contribution in [3.8, 4) is 11.6 Å². The SMILES string of the molecule is COc1cc(CNC(=O)c2ccccc2OCc2cscn2)ccn1. The van der Waals surface area contributed by atoms with Crippen molar-refractivity contribution in [3.63, 3.8) is 0 Å². The molecule has 6 nitrogen and oxygen atoms in total. The molecule has 1 N–H and O–H groups in total. The molecule has 0 bridgehead atoms. The van der Waals surface area contributed by atoms with E-state index in [0.717, 1.165) is 11.3 Å². The molecule has 0 aliphatic carbocycles. The Morgan fingerprint density at radius 3 is 2.92 bits per heavy atom. The molecule has 3 aromatic rings. The summed E-state index contributed by atoms with van der Waals surface area (Å²) in [5.41, 5.74) is 3.98. The molecular formula is C18H17N3O3S. The lowest BCUT2D eigenvalue weighted by Gasteiger charge is -2.11. The molecule has 7 heteroatoms. The first-order valence-corrected chi connectivity index (χ1v) is 8.56. The molecule has 2 aromatic heterocycles. The molecule has 0 fully saturated rings. The first-order chi connectivity index (χ1) is 12.3. The fraction of sp³-hybridized carbons (Fsp3) is 0.167. The van der Waals surface area contributed by atoms with Crippen LogP contribution in [0.5, 0.6) is 11.6 Å². The Balaban J connectivity index is 1.65. The highest BCUT2D eigenvalue weighted by Crippen LogP contribution is 2.19. The van der Waals surface area contributed by atoms with Gasteiger partial charge in [0, 0.05) is 24.2 Å². The van der Waals surface area contributed by atoms with Crippen molar-refractivity contribution in [1.82, 2.24) is 15.3 Å². The lowest BCUT2D eigenvalue weighted by Crippen LogP contribution is -2.23. The van der Waals surface area contributed by atoms with Crippen molar-refractivity contribution in [3.05, 3.63) is 70.3 Å². The highest BCUT2D eigenvalue weighted by molar-refractivity contribution is 7.07. The lowest BCUT2D eigenvalue weighted by atomic mass is 10.2. The first kappa shape index (κ1) is 16.9. The molecule has 0 saturated carbocycles. The normalized spacial score (nSPS) is 10.3. The van der Waals surface area contributed by atoms with Gasteiger partial charge in [0.1, 0.15) is 12.4 Å². The number of nitrogens with one attached hydrogen (secondary N) is 1. The summed E-state index contributed by atoms with van der Waals surface area (Å²) in [7, 11) is 1.56. The van der Waals surface area contributed by atoms with Crippen LogP contribution in [0.25, 0.3) is 0 Å². The summed E-state index contributed by atoms with van der Waals surface area (Å²) in [6.07, 6.45) is 1.64. The minimum atomic E-state index is -0.204. The number of thiazole rings is 1. The van der Waals surface area contributed by atoms with Crippen molar-refractivity contribution >= 4 is 17.2 Å². The monoisotopic (exact) mass is 355 g/mol. The highest BCUT2D eigenvalue weighted by Gasteiger charge is 2.12. The van der Waals surface area contributed by atoms with Crippen molar-refractivity contribution in [2.45, 2.75) is 13.2 Å². The number of pyridine rings is 1. The summed E-state index contributed by atoms with van der Waals surface area (Å²) in [4.78, 5) is 20.7. The van der Waals surface area contributed by atoms with Crippen LogP contribution in [0, 0.1) is 0 Å². The molecule has 0 aliphatic rings. The van der Waals surface area contributed by atoms with Gasteiger partial charge >= 0.3 is 0 Å². The number of rotatable bonds is 7. The lowest BCUT2D eigenvalue weighted by molar-refractivity contribution is 0.0946.